The van der Waals surface area contributed by atoms with Crippen LogP contribution in [0.3, 0.4) is 0 Å². The highest BCUT2D eigenvalue weighted by molar-refractivity contribution is 5.74. The molecule has 0 unspecified atom stereocenters. The lowest BCUT2D eigenvalue weighted by molar-refractivity contribution is 0.409. The molecule has 0 aliphatic carbocycles. The minimum Gasteiger partial charge on any atom is -0.235 e. The lowest BCUT2D eigenvalue weighted by Crippen LogP contribution is -2.24. The van der Waals surface area contributed by atoms with E-state index in [1.165, 1.54) is 0 Å². The monoisotopic (exact) mass is 187 g/mol. The number of hydrogen-bond acceptors (Lipinski definition) is 2. The van der Waals surface area contributed by atoms with Gasteiger partial charge in [0.15, 0.2) is 0 Å². The van der Waals surface area contributed by atoms with Crippen molar-refractivity contribution in [1.82, 2.24) is 15.0 Å². The molecule has 1 heterocycles. The number of allylic oxidation sites excluding steroid dienone is 1. The normalized spacial score (nSPS) is 11.9. The highest BCUT2D eigenvalue weighted by Gasteiger charge is 2.19. The fourth-order valence-electron chi connectivity index (χ4n) is 1.38. The number of para-hydroxylation sites is 1. The lowest BCUT2D eigenvalue weighted by atomic mass is 10.1. The van der Waals surface area contributed by atoms with Crippen molar-refractivity contribution in [2.45, 2.75) is 19.4 Å². The molecule has 0 amide bonds. The standard InChI is InChI=1S/C11H13N3/c1-4-11(2,3)14-10-8-6-5-7-9(10)12-13-14/h4-8H,1H2,2-3H3. The molecule has 72 valence electrons. The first-order valence-corrected chi connectivity index (χ1v) is 4.60. The maximum absolute atomic E-state index is 4.13. The molecular formula is C11H13N3. The molecule has 0 spiro atoms. The quantitative estimate of drug-likeness (QED) is 0.676. The van der Waals surface area contributed by atoms with Gasteiger partial charge in [-0.05, 0) is 26.0 Å². The number of hydrogen-bond donors (Lipinski definition) is 0. The number of nitrogens with zero attached hydrogens (tertiary/aromatic N) is 3. The van der Waals surface area contributed by atoms with E-state index in [1.807, 2.05) is 35.0 Å². The Bertz CT molecular complexity index is 468. The van der Waals surface area contributed by atoms with Crippen LogP contribution < -0.4 is 0 Å². The van der Waals surface area contributed by atoms with Crippen LogP contribution >= 0.6 is 0 Å². The summed E-state index contributed by atoms with van der Waals surface area (Å²) in [6, 6.07) is 7.92. The molecule has 0 fully saturated rings. The molecule has 3 heteroatoms. The fraction of sp³-hybridized carbons (Fsp3) is 0.273. The minimum absolute atomic E-state index is 0.198. The van der Waals surface area contributed by atoms with Gasteiger partial charge in [-0.15, -0.1) is 11.7 Å². The molecular weight excluding hydrogens is 174 g/mol. The molecule has 2 aromatic rings. The summed E-state index contributed by atoms with van der Waals surface area (Å²) in [7, 11) is 0. The Hall–Kier alpha value is -1.64. The Balaban J connectivity index is 2.70. The van der Waals surface area contributed by atoms with E-state index in [-0.39, 0.29) is 5.54 Å². The summed E-state index contributed by atoms with van der Waals surface area (Å²) in [5, 5.41) is 8.23. The van der Waals surface area contributed by atoms with Crippen molar-refractivity contribution in [2.24, 2.45) is 0 Å². The largest absolute Gasteiger partial charge is 0.235 e. The first-order chi connectivity index (χ1) is 6.65. The summed E-state index contributed by atoms with van der Waals surface area (Å²) in [4.78, 5) is 0. The highest BCUT2D eigenvalue weighted by Crippen LogP contribution is 2.20. The zero-order valence-electron chi connectivity index (χ0n) is 8.44. The predicted octanol–water partition coefficient (Wildman–Crippen LogP) is 2.35. The average Bonchev–Trinajstić information content (AvgIpc) is 2.61. The Morgan fingerprint density at radius 1 is 1.36 bits per heavy atom. The van der Waals surface area contributed by atoms with Gasteiger partial charge in [0.05, 0.1) is 11.1 Å². The lowest BCUT2D eigenvalue weighted by Gasteiger charge is -2.20. The first-order valence-electron chi connectivity index (χ1n) is 4.60. The molecule has 0 saturated carbocycles. The third-order valence-corrected chi connectivity index (χ3v) is 2.40. The smallest absolute Gasteiger partial charge is 0.113 e. The fourth-order valence-corrected chi connectivity index (χ4v) is 1.38. The van der Waals surface area contributed by atoms with Gasteiger partial charge in [0, 0.05) is 0 Å². The minimum atomic E-state index is -0.198. The highest BCUT2D eigenvalue weighted by atomic mass is 15.4. The van der Waals surface area contributed by atoms with Gasteiger partial charge in [-0.3, -0.25) is 0 Å². The zero-order chi connectivity index (χ0) is 10.2. The van der Waals surface area contributed by atoms with E-state index in [1.54, 1.807) is 0 Å². The topological polar surface area (TPSA) is 30.7 Å². The van der Waals surface area contributed by atoms with Crippen molar-refractivity contribution in [3.05, 3.63) is 36.9 Å². The molecule has 14 heavy (non-hydrogen) atoms. The summed E-state index contributed by atoms with van der Waals surface area (Å²) >= 11 is 0. The van der Waals surface area contributed by atoms with E-state index in [2.05, 4.69) is 30.7 Å². The predicted molar refractivity (Wildman–Crippen MR) is 57.0 cm³/mol. The second-order valence-corrected chi connectivity index (χ2v) is 3.85. The van der Waals surface area contributed by atoms with Crippen molar-refractivity contribution in [2.75, 3.05) is 0 Å². The van der Waals surface area contributed by atoms with Gasteiger partial charge in [0.25, 0.3) is 0 Å². The molecule has 0 bridgehead atoms. The van der Waals surface area contributed by atoms with Gasteiger partial charge >= 0.3 is 0 Å². The van der Waals surface area contributed by atoms with Crippen LogP contribution in [-0.2, 0) is 5.54 Å². The van der Waals surface area contributed by atoms with Crippen molar-refractivity contribution in [1.29, 1.82) is 0 Å². The van der Waals surface area contributed by atoms with Crippen molar-refractivity contribution >= 4 is 11.0 Å². The second kappa shape index (κ2) is 2.94. The Morgan fingerprint density at radius 3 is 2.79 bits per heavy atom. The number of rotatable bonds is 2. The van der Waals surface area contributed by atoms with Gasteiger partial charge < -0.3 is 0 Å². The van der Waals surface area contributed by atoms with Crippen LogP contribution in [0.25, 0.3) is 11.0 Å². The van der Waals surface area contributed by atoms with Crippen LogP contribution in [0.4, 0.5) is 0 Å². The summed E-state index contributed by atoms with van der Waals surface area (Å²) in [5.74, 6) is 0. The number of fused-ring (bicyclic) bond motifs is 1. The number of aromatic nitrogens is 3. The molecule has 0 N–H and O–H groups in total. The van der Waals surface area contributed by atoms with Gasteiger partial charge in [-0.1, -0.05) is 23.4 Å². The van der Waals surface area contributed by atoms with Crippen LogP contribution in [0.2, 0.25) is 0 Å². The van der Waals surface area contributed by atoms with Crippen LogP contribution in [-0.4, -0.2) is 15.0 Å². The van der Waals surface area contributed by atoms with Crippen LogP contribution in [0.1, 0.15) is 13.8 Å². The second-order valence-electron chi connectivity index (χ2n) is 3.85. The third-order valence-electron chi connectivity index (χ3n) is 2.40. The van der Waals surface area contributed by atoms with Crippen LogP contribution in [0.15, 0.2) is 36.9 Å². The molecule has 0 radical (unpaired) electrons. The molecule has 0 aliphatic rings. The molecule has 0 aliphatic heterocycles. The third kappa shape index (κ3) is 1.21. The van der Waals surface area contributed by atoms with Crippen molar-refractivity contribution in [3.8, 4) is 0 Å². The Morgan fingerprint density at radius 2 is 2.07 bits per heavy atom. The van der Waals surface area contributed by atoms with Gasteiger partial charge in [-0.25, -0.2) is 4.68 Å². The molecule has 3 nitrogen and oxygen atoms in total. The van der Waals surface area contributed by atoms with Crippen molar-refractivity contribution in [3.63, 3.8) is 0 Å². The maximum atomic E-state index is 4.13. The van der Waals surface area contributed by atoms with Gasteiger partial charge in [-0.2, -0.15) is 0 Å². The van der Waals surface area contributed by atoms with Crippen LogP contribution in [0.5, 0.6) is 0 Å². The average molecular weight is 187 g/mol. The van der Waals surface area contributed by atoms with Gasteiger partial charge in [0.2, 0.25) is 0 Å². The van der Waals surface area contributed by atoms with E-state index in [0.717, 1.165) is 11.0 Å². The van der Waals surface area contributed by atoms with E-state index < -0.39 is 0 Å². The van der Waals surface area contributed by atoms with Gasteiger partial charge in [0.1, 0.15) is 5.52 Å². The maximum Gasteiger partial charge on any atom is 0.113 e. The van der Waals surface area contributed by atoms with E-state index in [0.29, 0.717) is 0 Å². The number of benzene rings is 1. The molecule has 1 aromatic heterocycles. The Kier molecular flexibility index (Phi) is 1.88. The molecule has 1 aromatic carbocycles. The van der Waals surface area contributed by atoms with Crippen molar-refractivity contribution < 1.29 is 0 Å². The summed E-state index contributed by atoms with van der Waals surface area (Å²) in [6.07, 6.45) is 1.87. The zero-order valence-corrected chi connectivity index (χ0v) is 8.44. The summed E-state index contributed by atoms with van der Waals surface area (Å²) in [6.45, 7) is 7.92. The molecule has 2 rings (SSSR count). The summed E-state index contributed by atoms with van der Waals surface area (Å²) < 4.78 is 1.88. The molecule has 0 atom stereocenters. The van der Waals surface area contributed by atoms with E-state index in [4.69, 9.17) is 0 Å². The molecule has 0 saturated heterocycles. The van der Waals surface area contributed by atoms with E-state index in [9.17, 15) is 0 Å². The Labute approximate surface area is 83.0 Å². The van der Waals surface area contributed by atoms with E-state index >= 15 is 0 Å². The van der Waals surface area contributed by atoms with Crippen LogP contribution in [0, 0.1) is 0 Å². The first kappa shape index (κ1) is 8.94. The summed E-state index contributed by atoms with van der Waals surface area (Å²) in [5.41, 5.74) is 1.76. The SMILES string of the molecule is C=CC(C)(C)n1nnc2ccccc21.